The summed E-state index contributed by atoms with van der Waals surface area (Å²) >= 11 is 0. The normalized spacial score (nSPS) is 10.8. The molecule has 0 atom stereocenters. The van der Waals surface area contributed by atoms with E-state index in [9.17, 15) is 18.0 Å². The smallest absolute Gasteiger partial charge is 0.251 e. The highest BCUT2D eigenvalue weighted by atomic mass is 32.2. The van der Waals surface area contributed by atoms with Crippen molar-refractivity contribution in [1.82, 2.24) is 5.32 Å². The number of aryl methyl sites for hydroxylation is 1. The Morgan fingerprint density at radius 2 is 1.69 bits per heavy atom. The van der Waals surface area contributed by atoms with Crippen LogP contribution in [0.25, 0.3) is 0 Å². The van der Waals surface area contributed by atoms with Crippen LogP contribution in [0.3, 0.4) is 0 Å². The third-order valence-electron chi connectivity index (χ3n) is 3.41. The fraction of sp³-hybridized carbons (Fsp3) is 0.222. The van der Waals surface area contributed by atoms with E-state index in [4.69, 9.17) is 0 Å². The lowest BCUT2D eigenvalue weighted by molar-refractivity contribution is -0.116. The van der Waals surface area contributed by atoms with Crippen molar-refractivity contribution in [3.8, 4) is 0 Å². The van der Waals surface area contributed by atoms with Gasteiger partial charge in [0, 0.05) is 18.5 Å². The summed E-state index contributed by atoms with van der Waals surface area (Å²) < 4.78 is 25.1. The first kappa shape index (κ1) is 19.5. The molecule has 0 aromatic heterocycles. The molecular weight excluding hydrogens is 354 g/mol. The maximum Gasteiger partial charge on any atom is 0.251 e. The number of carbonyl (C=O) groups is 2. The Balaban J connectivity index is 1.89. The number of sulfonamides is 1. The van der Waals surface area contributed by atoms with Gasteiger partial charge in [-0.15, -0.1) is 0 Å². The van der Waals surface area contributed by atoms with Crippen LogP contribution < -0.4 is 15.4 Å². The van der Waals surface area contributed by atoms with E-state index < -0.39 is 10.0 Å². The first-order valence-corrected chi connectivity index (χ1v) is 9.85. The molecule has 0 spiro atoms. The van der Waals surface area contributed by atoms with E-state index in [0.29, 0.717) is 11.3 Å². The zero-order chi connectivity index (χ0) is 19.2. The molecule has 0 aliphatic rings. The van der Waals surface area contributed by atoms with Crippen molar-refractivity contribution in [2.24, 2.45) is 0 Å². The molecule has 0 bridgehead atoms. The molecule has 26 heavy (non-hydrogen) atoms. The second-order valence-electron chi connectivity index (χ2n) is 5.84. The van der Waals surface area contributed by atoms with E-state index >= 15 is 0 Å². The van der Waals surface area contributed by atoms with E-state index in [1.807, 2.05) is 13.0 Å². The predicted octanol–water partition coefficient (Wildman–Crippen LogP) is 2.13. The number of anilines is 2. The number of nitrogens with one attached hydrogen (secondary N) is 3. The number of hydrogen-bond acceptors (Lipinski definition) is 4. The Labute approximate surface area is 152 Å². The average Bonchev–Trinajstić information content (AvgIpc) is 2.55. The summed E-state index contributed by atoms with van der Waals surface area (Å²) in [6.45, 7) is 2.06. The zero-order valence-electron chi connectivity index (χ0n) is 14.6. The van der Waals surface area contributed by atoms with Gasteiger partial charge >= 0.3 is 0 Å². The first-order valence-electron chi connectivity index (χ1n) is 7.96. The minimum absolute atomic E-state index is 0.0603. The van der Waals surface area contributed by atoms with Crippen LogP contribution in [-0.4, -0.2) is 33.0 Å². The van der Waals surface area contributed by atoms with E-state index in [1.165, 1.54) is 0 Å². The third kappa shape index (κ3) is 6.21. The largest absolute Gasteiger partial charge is 0.352 e. The lowest BCUT2D eigenvalue weighted by atomic mass is 10.1. The summed E-state index contributed by atoms with van der Waals surface area (Å²) in [5.74, 6) is -0.585. The summed E-state index contributed by atoms with van der Waals surface area (Å²) in [6, 6.07) is 13.6. The number of rotatable bonds is 7. The van der Waals surface area contributed by atoms with Crippen LogP contribution in [0, 0.1) is 6.92 Å². The highest BCUT2D eigenvalue weighted by molar-refractivity contribution is 7.92. The SMILES string of the molecule is Cc1cccc(C(=O)NCCC(=O)Nc2ccccc2NS(C)(=O)=O)c1. The van der Waals surface area contributed by atoms with Crippen molar-refractivity contribution >= 4 is 33.2 Å². The number of carbonyl (C=O) groups excluding carboxylic acids is 2. The van der Waals surface area contributed by atoms with Gasteiger partial charge in [-0.1, -0.05) is 29.8 Å². The van der Waals surface area contributed by atoms with Gasteiger partial charge in [-0.25, -0.2) is 8.42 Å². The second kappa shape index (κ2) is 8.48. The van der Waals surface area contributed by atoms with Gasteiger partial charge in [0.25, 0.3) is 5.91 Å². The molecule has 3 N–H and O–H groups in total. The zero-order valence-corrected chi connectivity index (χ0v) is 15.4. The van der Waals surface area contributed by atoms with Crippen LogP contribution in [0.2, 0.25) is 0 Å². The quantitative estimate of drug-likeness (QED) is 0.689. The lowest BCUT2D eigenvalue weighted by Gasteiger charge is -2.12. The highest BCUT2D eigenvalue weighted by Crippen LogP contribution is 2.21. The Bertz CT molecular complexity index is 910. The molecule has 0 heterocycles. The van der Waals surface area contributed by atoms with Gasteiger partial charge in [0.15, 0.2) is 0 Å². The molecule has 0 fully saturated rings. The third-order valence-corrected chi connectivity index (χ3v) is 4.01. The second-order valence-corrected chi connectivity index (χ2v) is 7.59. The molecule has 2 amide bonds. The highest BCUT2D eigenvalue weighted by Gasteiger charge is 2.11. The molecule has 2 aromatic carbocycles. The van der Waals surface area contributed by atoms with Crippen LogP contribution in [0.4, 0.5) is 11.4 Å². The molecular formula is C18H21N3O4S. The van der Waals surface area contributed by atoms with Gasteiger partial charge in [0.05, 0.1) is 17.6 Å². The van der Waals surface area contributed by atoms with Crippen LogP contribution in [0.5, 0.6) is 0 Å². The van der Waals surface area contributed by atoms with Crippen molar-refractivity contribution in [2.45, 2.75) is 13.3 Å². The topological polar surface area (TPSA) is 104 Å². The standard InChI is InChI=1S/C18H21N3O4S/c1-13-6-5-7-14(12-13)18(23)19-11-10-17(22)20-15-8-3-4-9-16(15)21-26(2,24)25/h3-9,12,21H,10-11H2,1-2H3,(H,19,23)(H,20,22). The van der Waals surface area contributed by atoms with Gasteiger partial charge in [-0.05, 0) is 31.2 Å². The van der Waals surface area contributed by atoms with Gasteiger partial charge in [0.1, 0.15) is 0 Å². The molecule has 2 rings (SSSR count). The van der Waals surface area contributed by atoms with Crippen molar-refractivity contribution in [1.29, 1.82) is 0 Å². The molecule has 0 radical (unpaired) electrons. The van der Waals surface area contributed by atoms with E-state index in [2.05, 4.69) is 15.4 Å². The number of hydrogen-bond donors (Lipinski definition) is 3. The fourth-order valence-corrected chi connectivity index (χ4v) is 2.85. The van der Waals surface area contributed by atoms with Crippen molar-refractivity contribution in [3.05, 3.63) is 59.7 Å². The summed E-state index contributed by atoms with van der Waals surface area (Å²) in [5, 5.41) is 5.32. The molecule has 2 aromatic rings. The molecule has 8 heteroatoms. The number of benzene rings is 2. The summed E-state index contributed by atoms with van der Waals surface area (Å²) in [7, 11) is -3.46. The molecule has 0 unspecified atom stereocenters. The van der Waals surface area contributed by atoms with Crippen LogP contribution in [0.15, 0.2) is 48.5 Å². The summed E-state index contributed by atoms with van der Waals surface area (Å²) in [5.41, 5.74) is 2.15. The molecule has 7 nitrogen and oxygen atoms in total. The minimum atomic E-state index is -3.46. The maximum absolute atomic E-state index is 12.1. The monoisotopic (exact) mass is 375 g/mol. The Kier molecular flexibility index (Phi) is 6.35. The van der Waals surface area contributed by atoms with Gasteiger partial charge in [-0.3, -0.25) is 14.3 Å². The summed E-state index contributed by atoms with van der Waals surface area (Å²) in [4.78, 5) is 24.1. The van der Waals surface area contributed by atoms with Crippen LogP contribution in [-0.2, 0) is 14.8 Å². The summed E-state index contributed by atoms with van der Waals surface area (Å²) in [6.07, 6.45) is 1.09. The fourth-order valence-electron chi connectivity index (χ4n) is 2.27. The van der Waals surface area contributed by atoms with Gasteiger partial charge in [0.2, 0.25) is 15.9 Å². The van der Waals surface area contributed by atoms with Crippen molar-refractivity contribution in [3.63, 3.8) is 0 Å². The van der Waals surface area contributed by atoms with Gasteiger partial charge in [-0.2, -0.15) is 0 Å². The van der Waals surface area contributed by atoms with E-state index in [0.717, 1.165) is 11.8 Å². The number of para-hydroxylation sites is 2. The predicted molar refractivity (Wildman–Crippen MR) is 102 cm³/mol. The maximum atomic E-state index is 12.1. The molecule has 0 saturated heterocycles. The average molecular weight is 375 g/mol. The van der Waals surface area contributed by atoms with E-state index in [-0.39, 0.29) is 30.5 Å². The van der Waals surface area contributed by atoms with Crippen LogP contribution >= 0.6 is 0 Å². The Morgan fingerprint density at radius 1 is 1.00 bits per heavy atom. The lowest BCUT2D eigenvalue weighted by Crippen LogP contribution is -2.27. The molecule has 0 aliphatic carbocycles. The molecule has 138 valence electrons. The minimum Gasteiger partial charge on any atom is -0.352 e. The van der Waals surface area contributed by atoms with Gasteiger partial charge < -0.3 is 10.6 Å². The van der Waals surface area contributed by atoms with Crippen LogP contribution in [0.1, 0.15) is 22.3 Å². The van der Waals surface area contributed by atoms with Crippen molar-refractivity contribution in [2.75, 3.05) is 22.8 Å². The van der Waals surface area contributed by atoms with Crippen molar-refractivity contribution < 1.29 is 18.0 Å². The molecule has 0 aliphatic heterocycles. The molecule has 0 saturated carbocycles. The Morgan fingerprint density at radius 3 is 2.35 bits per heavy atom. The van der Waals surface area contributed by atoms with E-state index in [1.54, 1.807) is 42.5 Å². The Hall–Kier alpha value is -2.87. The first-order chi connectivity index (χ1) is 12.2. The number of amides is 2.